The summed E-state index contributed by atoms with van der Waals surface area (Å²) in [6, 6.07) is 12.1. The molecule has 7 heteroatoms. The molecule has 0 fully saturated rings. The van der Waals surface area contributed by atoms with Gasteiger partial charge in [-0.1, -0.05) is 12.1 Å². The van der Waals surface area contributed by atoms with Crippen LogP contribution in [-0.4, -0.2) is 48.2 Å². The van der Waals surface area contributed by atoms with E-state index >= 15 is 0 Å². The molecule has 0 spiro atoms. The van der Waals surface area contributed by atoms with Crippen molar-refractivity contribution in [3.63, 3.8) is 0 Å². The molecule has 0 bridgehead atoms. The molecule has 0 saturated heterocycles. The quantitative estimate of drug-likeness (QED) is 0.365. The van der Waals surface area contributed by atoms with Crippen molar-refractivity contribution in [2.45, 2.75) is 33.6 Å². The minimum absolute atomic E-state index is 0.616. The molecule has 2 aromatic heterocycles. The zero-order chi connectivity index (χ0) is 21.9. The number of nitrogens with one attached hydrogen (secondary N) is 2. The number of fused-ring (bicyclic) bond motifs is 1. The van der Waals surface area contributed by atoms with Crippen LogP contribution in [0.15, 0.2) is 53.8 Å². The lowest BCUT2D eigenvalue weighted by molar-refractivity contribution is 0.287. The number of hydrogen-bond acceptors (Lipinski definition) is 4. The maximum Gasteiger partial charge on any atom is 0.191 e. The summed E-state index contributed by atoms with van der Waals surface area (Å²) in [5.41, 5.74) is 3.21. The Bertz CT molecular complexity index is 950. The lowest BCUT2D eigenvalue weighted by Crippen LogP contribution is -2.38. The van der Waals surface area contributed by atoms with E-state index in [2.05, 4.69) is 40.9 Å². The van der Waals surface area contributed by atoms with Crippen molar-refractivity contribution in [3.05, 3.63) is 60.0 Å². The molecule has 0 saturated carbocycles. The fraction of sp³-hybridized carbons (Fsp3) is 0.417. The highest BCUT2D eigenvalue weighted by molar-refractivity contribution is 5.79. The molecular weight excluding hydrogens is 390 g/mol. The molecule has 2 heterocycles. The van der Waals surface area contributed by atoms with E-state index in [1.54, 1.807) is 0 Å². The number of rotatable bonds is 11. The summed E-state index contributed by atoms with van der Waals surface area (Å²) in [5.74, 6) is 2.42. The molecule has 3 aromatic rings. The first-order valence-electron chi connectivity index (χ1n) is 11.1. The fourth-order valence-electron chi connectivity index (χ4n) is 3.31. The van der Waals surface area contributed by atoms with Gasteiger partial charge in [-0.05, 0) is 57.0 Å². The molecular formula is C24H33N5O2. The topological polar surface area (TPSA) is 72.2 Å². The summed E-state index contributed by atoms with van der Waals surface area (Å²) in [5, 5.41) is 6.72. The van der Waals surface area contributed by atoms with E-state index in [1.807, 2.05) is 48.7 Å². The van der Waals surface area contributed by atoms with Gasteiger partial charge in [0.2, 0.25) is 0 Å². The Morgan fingerprint density at radius 1 is 1.00 bits per heavy atom. The molecule has 0 radical (unpaired) electrons. The maximum absolute atomic E-state index is 5.72. The van der Waals surface area contributed by atoms with Crippen molar-refractivity contribution in [1.82, 2.24) is 20.0 Å². The van der Waals surface area contributed by atoms with Gasteiger partial charge in [0.1, 0.15) is 5.65 Å². The highest BCUT2D eigenvalue weighted by Gasteiger charge is 2.07. The van der Waals surface area contributed by atoms with Crippen LogP contribution < -0.4 is 20.1 Å². The summed E-state index contributed by atoms with van der Waals surface area (Å²) in [6.07, 6.45) is 5.74. The van der Waals surface area contributed by atoms with Gasteiger partial charge in [0, 0.05) is 38.4 Å². The average molecular weight is 424 g/mol. The Hall–Kier alpha value is -3.22. The molecule has 1 aromatic carbocycles. The maximum atomic E-state index is 5.72. The van der Waals surface area contributed by atoms with Gasteiger partial charge in [0.05, 0.1) is 18.9 Å². The minimum atomic E-state index is 0.616. The molecule has 0 aliphatic carbocycles. The molecule has 0 atom stereocenters. The number of benzene rings is 1. The highest BCUT2D eigenvalue weighted by Crippen LogP contribution is 2.28. The van der Waals surface area contributed by atoms with Gasteiger partial charge < -0.3 is 24.5 Å². The van der Waals surface area contributed by atoms with Gasteiger partial charge >= 0.3 is 0 Å². The second-order valence-electron chi connectivity index (χ2n) is 7.03. The SMILES string of the molecule is CCNC(=NCCc1cn2ccccc2n1)NCCc1ccc(OCC)c(OCC)c1. The van der Waals surface area contributed by atoms with Gasteiger partial charge in [-0.3, -0.25) is 4.99 Å². The molecule has 7 nitrogen and oxygen atoms in total. The number of imidazole rings is 1. The minimum Gasteiger partial charge on any atom is -0.490 e. The van der Waals surface area contributed by atoms with Gasteiger partial charge in [-0.25, -0.2) is 4.98 Å². The zero-order valence-corrected chi connectivity index (χ0v) is 18.7. The Morgan fingerprint density at radius 3 is 2.61 bits per heavy atom. The smallest absolute Gasteiger partial charge is 0.191 e. The molecule has 166 valence electrons. The van der Waals surface area contributed by atoms with Crippen LogP contribution in [0.25, 0.3) is 5.65 Å². The van der Waals surface area contributed by atoms with Crippen LogP contribution in [-0.2, 0) is 12.8 Å². The van der Waals surface area contributed by atoms with Crippen molar-refractivity contribution < 1.29 is 9.47 Å². The number of aromatic nitrogens is 2. The Morgan fingerprint density at radius 2 is 1.84 bits per heavy atom. The second-order valence-corrected chi connectivity index (χ2v) is 7.03. The number of ether oxygens (including phenoxy) is 2. The highest BCUT2D eigenvalue weighted by atomic mass is 16.5. The summed E-state index contributed by atoms with van der Waals surface area (Å²) in [4.78, 5) is 9.33. The van der Waals surface area contributed by atoms with Gasteiger partial charge in [0.15, 0.2) is 17.5 Å². The van der Waals surface area contributed by atoms with Crippen molar-refractivity contribution in [2.75, 3.05) is 32.8 Å². The summed E-state index contributed by atoms with van der Waals surface area (Å²) < 4.78 is 13.4. The third kappa shape index (κ3) is 6.64. The van der Waals surface area contributed by atoms with Gasteiger partial charge in [-0.15, -0.1) is 0 Å². The number of aliphatic imine (C=N–C) groups is 1. The van der Waals surface area contributed by atoms with Crippen LogP contribution >= 0.6 is 0 Å². The van der Waals surface area contributed by atoms with Crippen molar-refractivity contribution in [2.24, 2.45) is 4.99 Å². The van der Waals surface area contributed by atoms with Crippen molar-refractivity contribution >= 4 is 11.6 Å². The number of nitrogens with zero attached hydrogens (tertiary/aromatic N) is 3. The third-order valence-corrected chi connectivity index (χ3v) is 4.71. The predicted octanol–water partition coefficient (Wildman–Crippen LogP) is 3.47. The van der Waals surface area contributed by atoms with Gasteiger partial charge in [-0.2, -0.15) is 0 Å². The molecule has 2 N–H and O–H groups in total. The largest absolute Gasteiger partial charge is 0.490 e. The third-order valence-electron chi connectivity index (χ3n) is 4.71. The molecule has 3 rings (SSSR count). The number of pyridine rings is 1. The fourth-order valence-corrected chi connectivity index (χ4v) is 3.31. The first-order chi connectivity index (χ1) is 15.2. The molecule has 0 aliphatic rings. The van der Waals surface area contributed by atoms with Crippen molar-refractivity contribution in [1.29, 1.82) is 0 Å². The lowest BCUT2D eigenvalue weighted by atomic mass is 10.1. The van der Waals surface area contributed by atoms with Crippen LogP contribution in [0.5, 0.6) is 11.5 Å². The first kappa shape index (κ1) is 22.5. The van der Waals surface area contributed by atoms with Crippen LogP contribution in [0.4, 0.5) is 0 Å². The number of guanidine groups is 1. The summed E-state index contributed by atoms with van der Waals surface area (Å²) in [6.45, 7) is 9.54. The van der Waals surface area contributed by atoms with E-state index in [0.717, 1.165) is 54.7 Å². The normalized spacial score (nSPS) is 11.5. The van der Waals surface area contributed by atoms with Crippen molar-refractivity contribution in [3.8, 4) is 11.5 Å². The molecule has 0 unspecified atom stereocenters. The van der Waals surface area contributed by atoms with E-state index < -0.39 is 0 Å². The molecule has 0 amide bonds. The predicted molar refractivity (Wildman–Crippen MR) is 125 cm³/mol. The van der Waals surface area contributed by atoms with Crippen LogP contribution in [0.3, 0.4) is 0 Å². The van der Waals surface area contributed by atoms with Crippen LogP contribution in [0.1, 0.15) is 32.0 Å². The van der Waals surface area contributed by atoms with E-state index in [-0.39, 0.29) is 0 Å². The van der Waals surface area contributed by atoms with Crippen LogP contribution in [0, 0.1) is 0 Å². The molecule has 0 aliphatic heterocycles. The summed E-state index contributed by atoms with van der Waals surface area (Å²) in [7, 11) is 0. The lowest BCUT2D eigenvalue weighted by Gasteiger charge is -2.14. The van der Waals surface area contributed by atoms with Crippen LogP contribution in [0.2, 0.25) is 0 Å². The summed E-state index contributed by atoms with van der Waals surface area (Å²) >= 11 is 0. The monoisotopic (exact) mass is 423 g/mol. The first-order valence-corrected chi connectivity index (χ1v) is 11.1. The van der Waals surface area contributed by atoms with E-state index in [1.165, 1.54) is 5.56 Å². The van der Waals surface area contributed by atoms with E-state index in [4.69, 9.17) is 14.5 Å². The average Bonchev–Trinajstić information content (AvgIpc) is 3.18. The van der Waals surface area contributed by atoms with Gasteiger partial charge in [0.25, 0.3) is 0 Å². The Kier molecular flexibility index (Phi) is 8.58. The number of hydrogen-bond donors (Lipinski definition) is 2. The Labute approximate surface area is 184 Å². The Balaban J connectivity index is 1.53. The zero-order valence-electron chi connectivity index (χ0n) is 18.7. The molecule has 31 heavy (non-hydrogen) atoms. The second kappa shape index (κ2) is 11.8. The van der Waals surface area contributed by atoms with E-state index in [9.17, 15) is 0 Å². The van der Waals surface area contributed by atoms with E-state index in [0.29, 0.717) is 19.8 Å². The standard InChI is InChI=1S/C24H33N5O2/c1-4-25-24(27-15-13-20-18-29-16-8-7-9-23(29)28-20)26-14-12-19-10-11-21(30-5-2)22(17-19)31-6-3/h7-11,16-18H,4-6,12-15H2,1-3H3,(H2,25,26,27).